The van der Waals surface area contributed by atoms with Crippen LogP contribution in [0, 0.1) is 17.8 Å². The number of thiophene rings is 1. The van der Waals surface area contributed by atoms with Crippen LogP contribution in [0.4, 0.5) is 0 Å². The van der Waals surface area contributed by atoms with Crippen molar-refractivity contribution in [1.82, 2.24) is 14.7 Å². The average molecular weight is 1010 g/mol. The third-order valence-electron chi connectivity index (χ3n) is 17.3. The molecule has 3 saturated heterocycles. The third kappa shape index (κ3) is 15.7. The van der Waals surface area contributed by atoms with Crippen molar-refractivity contribution >= 4 is 34.5 Å². The minimum atomic E-state index is -0.829. The zero-order valence-electron chi connectivity index (χ0n) is 42.7. The number of rotatable bonds is 10. The van der Waals surface area contributed by atoms with Crippen molar-refractivity contribution in [2.24, 2.45) is 17.8 Å². The van der Waals surface area contributed by atoms with Crippen LogP contribution < -0.4 is 4.74 Å². The summed E-state index contributed by atoms with van der Waals surface area (Å²) in [5.74, 6) is 1.83. The molecule has 4 heterocycles. The highest BCUT2D eigenvalue weighted by molar-refractivity contribution is 7.10. The van der Waals surface area contributed by atoms with E-state index in [-0.39, 0.29) is 5.92 Å². The van der Waals surface area contributed by atoms with Crippen LogP contribution in [0.25, 0.3) is 0 Å². The first-order chi connectivity index (χ1) is 33.6. The van der Waals surface area contributed by atoms with Gasteiger partial charge in [0.15, 0.2) is 0 Å². The van der Waals surface area contributed by atoms with Crippen LogP contribution in [0.1, 0.15) is 189 Å². The maximum absolute atomic E-state index is 11.7. The molecule has 10 heteroatoms. The Morgan fingerprint density at radius 2 is 0.957 bits per heavy atom. The van der Waals surface area contributed by atoms with E-state index in [1.165, 1.54) is 173 Å². The monoisotopic (exact) mass is 1010 g/mol. The van der Waals surface area contributed by atoms with Gasteiger partial charge in [0.05, 0.1) is 18.3 Å². The number of halogens is 2. The zero-order valence-corrected chi connectivity index (χ0v) is 45.0. The van der Waals surface area contributed by atoms with Gasteiger partial charge in [-0.1, -0.05) is 144 Å². The Labute approximate surface area is 432 Å². The molecule has 3 saturated carbocycles. The molecule has 0 spiro atoms. The van der Waals surface area contributed by atoms with Gasteiger partial charge in [-0.3, -0.25) is 0 Å². The Bertz CT molecular complexity index is 1900. The van der Waals surface area contributed by atoms with Gasteiger partial charge in [-0.2, -0.15) is 0 Å². The molecule has 386 valence electrons. The number of hydrogen-bond acceptors (Lipinski definition) is 8. The maximum atomic E-state index is 11.7. The summed E-state index contributed by atoms with van der Waals surface area (Å²) in [5, 5.41) is 38.2. The number of nitrogens with zero attached hydrogens (tertiary/aromatic N) is 3. The second-order valence-electron chi connectivity index (χ2n) is 22.1. The smallest absolute Gasteiger partial charge is 0.119 e. The van der Waals surface area contributed by atoms with Gasteiger partial charge in [-0.25, -0.2) is 0 Å². The summed E-state index contributed by atoms with van der Waals surface area (Å²) in [5.41, 5.74) is -0.197. The Morgan fingerprint density at radius 1 is 0.507 bits per heavy atom. The molecule has 6 aliphatic rings. The first-order valence-corrected chi connectivity index (χ1v) is 29.7. The summed E-state index contributed by atoms with van der Waals surface area (Å²) in [6.45, 7) is 10.3. The third-order valence-corrected chi connectivity index (χ3v) is 18.9. The predicted molar refractivity (Wildman–Crippen MR) is 290 cm³/mol. The van der Waals surface area contributed by atoms with Crippen LogP contribution in [0.2, 0.25) is 10.0 Å². The van der Waals surface area contributed by atoms with E-state index in [4.69, 9.17) is 27.9 Å². The van der Waals surface area contributed by atoms with E-state index in [2.05, 4.69) is 38.3 Å². The molecule has 2 aromatic carbocycles. The lowest BCUT2D eigenvalue weighted by atomic mass is 9.77. The largest absolute Gasteiger partial charge is 0.497 e. The lowest BCUT2D eigenvalue weighted by Crippen LogP contribution is -2.42. The van der Waals surface area contributed by atoms with Crippen LogP contribution in [0.3, 0.4) is 0 Å². The van der Waals surface area contributed by atoms with Gasteiger partial charge >= 0.3 is 0 Å². The molecule has 3 aliphatic carbocycles. The SMILES string of the molecule is COc1cccc(C2(O)CCCCCC2CN2CCCCCC2)c1.OC1(c2ccc(Cl)cc2Cl)CCCCCC1CN1CCCCCC1.OC1(c2cccs2)CCCCCC1CN1CCCCCC1. The Morgan fingerprint density at radius 3 is 1.42 bits per heavy atom. The van der Waals surface area contributed by atoms with E-state index in [1.54, 1.807) is 24.5 Å². The van der Waals surface area contributed by atoms with Gasteiger partial charge in [0, 0.05) is 57.9 Å². The highest BCUT2D eigenvalue weighted by Gasteiger charge is 2.43. The van der Waals surface area contributed by atoms with E-state index in [1.807, 2.05) is 30.3 Å². The first-order valence-electron chi connectivity index (χ1n) is 28.1. The van der Waals surface area contributed by atoms with E-state index in [0.717, 1.165) is 81.5 Å². The fourth-order valence-electron chi connectivity index (χ4n) is 13.1. The molecule has 69 heavy (non-hydrogen) atoms. The summed E-state index contributed by atoms with van der Waals surface area (Å²) in [6, 6.07) is 17.9. The highest BCUT2D eigenvalue weighted by Crippen LogP contribution is 2.46. The molecule has 0 radical (unpaired) electrons. The van der Waals surface area contributed by atoms with Gasteiger partial charge in [-0.15, -0.1) is 11.3 Å². The second-order valence-corrected chi connectivity index (χ2v) is 23.9. The van der Waals surface area contributed by atoms with Crippen molar-refractivity contribution in [1.29, 1.82) is 0 Å². The second kappa shape index (κ2) is 28.1. The Balaban J connectivity index is 0.000000153. The van der Waals surface area contributed by atoms with Crippen LogP contribution >= 0.6 is 34.5 Å². The van der Waals surface area contributed by atoms with Crippen LogP contribution in [-0.2, 0) is 16.8 Å². The fourth-order valence-corrected chi connectivity index (χ4v) is 14.7. The standard InChI is InChI=1S/C21H33NO2.C20H29Cl2NO.C18H29NOS/c1-24-20-12-9-11-18(16-20)21(23)13-6-4-5-10-19(21)17-22-14-7-2-3-8-15-22;21-17-9-10-18(19(22)14-17)20(24)11-5-3-4-8-16(20)15-23-12-6-1-2-7-13-23;20-18(17-10-8-14-21-17)11-5-3-4-9-16(18)15-19-12-6-1-2-7-13-19/h9,11-12,16,19,23H,2-8,10,13-15,17H2,1H3;9-10,14,16,24H,1-8,11-13,15H2;8,10,14,16,20H,1-7,9,11-13,15H2. The highest BCUT2D eigenvalue weighted by atomic mass is 35.5. The summed E-state index contributed by atoms with van der Waals surface area (Å²) >= 11 is 14.3. The van der Waals surface area contributed by atoms with Crippen molar-refractivity contribution in [2.45, 2.75) is 190 Å². The van der Waals surface area contributed by atoms with E-state index >= 15 is 0 Å². The summed E-state index contributed by atoms with van der Waals surface area (Å²) in [7, 11) is 1.70. The van der Waals surface area contributed by atoms with Gasteiger partial charge in [-0.05, 0) is 158 Å². The number of benzene rings is 2. The molecule has 9 rings (SSSR count). The fraction of sp³-hybridized carbons (Fsp3) is 0.729. The van der Waals surface area contributed by atoms with Crippen molar-refractivity contribution in [3.8, 4) is 5.75 Å². The zero-order chi connectivity index (χ0) is 48.4. The minimum absolute atomic E-state index is 0.247. The van der Waals surface area contributed by atoms with Gasteiger partial charge in [0.1, 0.15) is 11.4 Å². The van der Waals surface area contributed by atoms with Crippen molar-refractivity contribution in [3.05, 3.63) is 86.0 Å². The number of aliphatic hydroxyl groups is 3. The normalized spacial score (nSPS) is 30.6. The molecule has 0 amide bonds. The quantitative estimate of drug-likeness (QED) is 0.175. The average Bonchev–Trinajstić information content (AvgIpc) is 3.75. The van der Waals surface area contributed by atoms with Crippen molar-refractivity contribution in [2.75, 3.05) is 66.0 Å². The molecular formula is C59H91Cl2N3O4S. The van der Waals surface area contributed by atoms with Crippen molar-refractivity contribution in [3.63, 3.8) is 0 Å². The van der Waals surface area contributed by atoms with E-state index in [9.17, 15) is 15.3 Å². The summed E-state index contributed by atoms with van der Waals surface area (Å²) in [4.78, 5) is 9.00. The molecular weight excluding hydrogens is 918 g/mol. The molecule has 7 nitrogen and oxygen atoms in total. The van der Waals surface area contributed by atoms with Gasteiger partial charge in [0.25, 0.3) is 0 Å². The summed E-state index contributed by atoms with van der Waals surface area (Å²) in [6.07, 6.45) is 32.8. The number of ether oxygens (including phenoxy) is 1. The molecule has 6 fully saturated rings. The molecule has 3 aromatic rings. The number of methoxy groups -OCH3 is 1. The minimum Gasteiger partial charge on any atom is -0.497 e. The van der Waals surface area contributed by atoms with Crippen molar-refractivity contribution < 1.29 is 20.1 Å². The van der Waals surface area contributed by atoms with E-state index in [0.29, 0.717) is 21.9 Å². The van der Waals surface area contributed by atoms with Crippen LogP contribution in [0.5, 0.6) is 5.75 Å². The topological polar surface area (TPSA) is 79.6 Å². The van der Waals surface area contributed by atoms with E-state index < -0.39 is 16.8 Å². The molecule has 3 N–H and O–H groups in total. The molecule has 3 aliphatic heterocycles. The molecule has 1 aromatic heterocycles. The number of likely N-dealkylation sites (tertiary alicyclic amines) is 3. The summed E-state index contributed by atoms with van der Waals surface area (Å²) < 4.78 is 5.40. The lowest BCUT2D eigenvalue weighted by Gasteiger charge is -2.39. The van der Waals surface area contributed by atoms with Crippen LogP contribution in [-0.4, -0.2) is 96.0 Å². The Kier molecular flexibility index (Phi) is 22.4. The van der Waals surface area contributed by atoms with Gasteiger partial charge in [0.2, 0.25) is 0 Å². The maximum Gasteiger partial charge on any atom is 0.119 e. The van der Waals surface area contributed by atoms with Crippen LogP contribution in [0.15, 0.2) is 60.0 Å². The van der Waals surface area contributed by atoms with Gasteiger partial charge < -0.3 is 34.8 Å². The number of hydrogen-bond donors (Lipinski definition) is 3. The Hall–Kier alpha value is -1.72. The molecule has 6 unspecified atom stereocenters. The molecule has 0 bridgehead atoms. The first kappa shape index (κ1) is 55.0. The predicted octanol–water partition coefficient (Wildman–Crippen LogP) is 14.4. The molecule has 6 atom stereocenters. The lowest BCUT2D eigenvalue weighted by molar-refractivity contribution is -0.0430.